The second-order valence-electron chi connectivity index (χ2n) is 5.19. The van der Waals surface area contributed by atoms with E-state index < -0.39 is 10.0 Å². The van der Waals surface area contributed by atoms with Crippen molar-refractivity contribution in [2.45, 2.75) is 57.0 Å². The number of nitrogen functional groups attached to an aromatic ring is 1. The summed E-state index contributed by atoms with van der Waals surface area (Å²) in [5.74, 6) is 0.491. The third-order valence-corrected chi connectivity index (χ3v) is 5.39. The van der Waals surface area contributed by atoms with E-state index >= 15 is 0 Å². The molecule has 1 heterocycles. The van der Waals surface area contributed by atoms with Crippen molar-refractivity contribution in [1.82, 2.24) is 14.5 Å². The highest BCUT2D eigenvalue weighted by atomic mass is 32.2. The molecule has 0 spiro atoms. The van der Waals surface area contributed by atoms with Gasteiger partial charge in [0.2, 0.25) is 10.0 Å². The average Bonchev–Trinajstić information content (AvgIpc) is 2.96. The summed E-state index contributed by atoms with van der Waals surface area (Å²) in [7, 11) is -3.58. The molecule has 1 aliphatic carbocycles. The highest BCUT2D eigenvalue weighted by Gasteiger charge is 2.28. The Morgan fingerprint density at radius 2 is 2.16 bits per heavy atom. The van der Waals surface area contributed by atoms with Crippen molar-refractivity contribution < 1.29 is 8.42 Å². The lowest BCUT2D eigenvalue weighted by atomic mass is 10.0. The van der Waals surface area contributed by atoms with Gasteiger partial charge in [-0.2, -0.15) is 5.10 Å². The van der Waals surface area contributed by atoms with Crippen LogP contribution in [0.15, 0.2) is 11.1 Å². The SMILES string of the molecule is CCn1cc(S(=O)(=O)NC(C)C2CCCC2)c(N)n1. The first-order valence-electron chi connectivity index (χ1n) is 6.79. The summed E-state index contributed by atoms with van der Waals surface area (Å²) in [5, 5.41) is 3.98. The topological polar surface area (TPSA) is 90.0 Å². The summed E-state index contributed by atoms with van der Waals surface area (Å²) in [6.07, 6.45) is 6.04. The van der Waals surface area contributed by atoms with E-state index in [0.717, 1.165) is 12.8 Å². The van der Waals surface area contributed by atoms with Crippen LogP contribution in [0.4, 0.5) is 5.82 Å². The zero-order chi connectivity index (χ0) is 14.0. The number of nitrogens with two attached hydrogens (primary N) is 1. The summed E-state index contributed by atoms with van der Waals surface area (Å²) in [6, 6.07) is -0.0584. The number of rotatable bonds is 5. The molecule has 7 heteroatoms. The van der Waals surface area contributed by atoms with Crippen molar-refractivity contribution in [1.29, 1.82) is 0 Å². The number of anilines is 1. The molecule has 1 aromatic heterocycles. The van der Waals surface area contributed by atoms with E-state index in [1.54, 1.807) is 0 Å². The third kappa shape index (κ3) is 3.09. The van der Waals surface area contributed by atoms with Crippen LogP contribution < -0.4 is 10.5 Å². The lowest BCUT2D eigenvalue weighted by molar-refractivity contribution is 0.424. The van der Waals surface area contributed by atoms with Crippen molar-refractivity contribution >= 4 is 15.8 Å². The highest BCUT2D eigenvalue weighted by molar-refractivity contribution is 7.89. The number of aromatic nitrogens is 2. The molecule has 3 N–H and O–H groups in total. The standard InChI is InChI=1S/C12H22N4O2S/c1-3-16-8-11(12(13)14-16)19(17,18)15-9(2)10-6-4-5-7-10/h8-10,15H,3-7H2,1-2H3,(H2,13,14). The monoisotopic (exact) mass is 286 g/mol. The maximum Gasteiger partial charge on any atom is 0.246 e. The third-order valence-electron chi connectivity index (χ3n) is 3.82. The van der Waals surface area contributed by atoms with Crippen molar-refractivity contribution in [2.75, 3.05) is 5.73 Å². The summed E-state index contributed by atoms with van der Waals surface area (Å²) in [6.45, 7) is 4.41. The lowest BCUT2D eigenvalue weighted by Crippen LogP contribution is -2.37. The number of hydrogen-bond donors (Lipinski definition) is 2. The molecule has 108 valence electrons. The predicted molar refractivity (Wildman–Crippen MR) is 74.1 cm³/mol. The first-order chi connectivity index (χ1) is 8.94. The van der Waals surface area contributed by atoms with Crippen molar-refractivity contribution in [3.8, 4) is 0 Å². The second kappa shape index (κ2) is 5.50. The second-order valence-corrected chi connectivity index (χ2v) is 6.87. The normalized spacial score (nSPS) is 18.8. The molecule has 2 rings (SSSR count). The molecule has 1 aliphatic rings. The quantitative estimate of drug-likeness (QED) is 0.854. The zero-order valence-corrected chi connectivity index (χ0v) is 12.3. The molecule has 1 aromatic rings. The predicted octanol–water partition coefficient (Wildman–Crippen LogP) is 1.34. The Balaban J connectivity index is 2.14. The minimum absolute atomic E-state index is 0.0584. The van der Waals surface area contributed by atoms with Crippen molar-refractivity contribution in [2.24, 2.45) is 5.92 Å². The fourth-order valence-electron chi connectivity index (χ4n) is 2.65. The van der Waals surface area contributed by atoms with Crippen LogP contribution in [-0.2, 0) is 16.6 Å². The number of sulfonamides is 1. The average molecular weight is 286 g/mol. The molecule has 0 amide bonds. The number of nitrogens with one attached hydrogen (secondary N) is 1. The summed E-state index contributed by atoms with van der Waals surface area (Å²) in [5.41, 5.74) is 5.68. The summed E-state index contributed by atoms with van der Waals surface area (Å²) in [4.78, 5) is 0.0826. The van der Waals surface area contributed by atoms with Gasteiger partial charge in [0.1, 0.15) is 4.90 Å². The van der Waals surface area contributed by atoms with Crippen LogP contribution in [0.3, 0.4) is 0 Å². The molecule has 0 bridgehead atoms. The zero-order valence-electron chi connectivity index (χ0n) is 11.5. The smallest absolute Gasteiger partial charge is 0.246 e. The molecule has 0 saturated heterocycles. The summed E-state index contributed by atoms with van der Waals surface area (Å²) < 4.78 is 28.9. The van der Waals surface area contributed by atoms with E-state index in [1.807, 2.05) is 13.8 Å². The molecule has 0 radical (unpaired) electrons. The number of hydrogen-bond acceptors (Lipinski definition) is 4. The Bertz CT molecular complexity index is 532. The molecule has 1 saturated carbocycles. The van der Waals surface area contributed by atoms with Gasteiger partial charge in [-0.3, -0.25) is 4.68 Å². The van der Waals surface area contributed by atoms with Crippen LogP contribution in [0.5, 0.6) is 0 Å². The molecule has 0 aromatic carbocycles. The fraction of sp³-hybridized carbons (Fsp3) is 0.750. The van der Waals surface area contributed by atoms with Gasteiger partial charge in [-0.15, -0.1) is 0 Å². The fourth-order valence-corrected chi connectivity index (χ4v) is 4.03. The Kier molecular flexibility index (Phi) is 4.15. The van der Waals surface area contributed by atoms with Crippen LogP contribution in [-0.4, -0.2) is 24.2 Å². The van der Waals surface area contributed by atoms with E-state index in [4.69, 9.17) is 5.73 Å². The van der Waals surface area contributed by atoms with Gasteiger partial charge < -0.3 is 5.73 Å². The van der Waals surface area contributed by atoms with E-state index in [2.05, 4.69) is 9.82 Å². The van der Waals surface area contributed by atoms with Gasteiger partial charge in [-0.1, -0.05) is 12.8 Å². The minimum atomic E-state index is -3.58. The Morgan fingerprint density at radius 3 is 2.68 bits per heavy atom. The van der Waals surface area contributed by atoms with Gasteiger partial charge >= 0.3 is 0 Å². The Morgan fingerprint density at radius 1 is 1.53 bits per heavy atom. The molecule has 1 atom stereocenters. The Labute approximate surface area is 114 Å². The maximum atomic E-state index is 12.3. The van der Waals surface area contributed by atoms with Crippen LogP contribution in [0, 0.1) is 5.92 Å². The van der Waals surface area contributed by atoms with Gasteiger partial charge in [0.25, 0.3) is 0 Å². The first kappa shape index (κ1) is 14.3. The van der Waals surface area contributed by atoms with Crippen LogP contribution in [0.1, 0.15) is 39.5 Å². The minimum Gasteiger partial charge on any atom is -0.381 e. The summed E-state index contributed by atoms with van der Waals surface area (Å²) >= 11 is 0. The molecule has 0 aliphatic heterocycles. The van der Waals surface area contributed by atoms with Gasteiger partial charge in [0.05, 0.1) is 0 Å². The molecular formula is C12H22N4O2S. The van der Waals surface area contributed by atoms with E-state index in [-0.39, 0.29) is 16.8 Å². The maximum absolute atomic E-state index is 12.3. The van der Waals surface area contributed by atoms with E-state index in [1.165, 1.54) is 23.7 Å². The number of nitrogens with zero attached hydrogens (tertiary/aromatic N) is 2. The molecule has 6 nitrogen and oxygen atoms in total. The lowest BCUT2D eigenvalue weighted by Gasteiger charge is -2.19. The first-order valence-corrected chi connectivity index (χ1v) is 8.27. The van der Waals surface area contributed by atoms with Gasteiger partial charge in [-0.25, -0.2) is 13.1 Å². The van der Waals surface area contributed by atoms with E-state index in [0.29, 0.717) is 12.5 Å². The van der Waals surface area contributed by atoms with E-state index in [9.17, 15) is 8.42 Å². The molecule has 1 unspecified atom stereocenters. The largest absolute Gasteiger partial charge is 0.381 e. The van der Waals surface area contributed by atoms with Crippen LogP contribution in [0.2, 0.25) is 0 Å². The van der Waals surface area contributed by atoms with Gasteiger partial charge in [-0.05, 0) is 32.6 Å². The van der Waals surface area contributed by atoms with Crippen LogP contribution >= 0.6 is 0 Å². The number of aryl methyl sites for hydroxylation is 1. The van der Waals surface area contributed by atoms with Crippen LogP contribution in [0.25, 0.3) is 0 Å². The van der Waals surface area contributed by atoms with Crippen molar-refractivity contribution in [3.63, 3.8) is 0 Å². The van der Waals surface area contributed by atoms with Crippen molar-refractivity contribution in [3.05, 3.63) is 6.20 Å². The van der Waals surface area contributed by atoms with Gasteiger partial charge in [0, 0.05) is 18.8 Å². The molecule has 1 fully saturated rings. The molecular weight excluding hydrogens is 264 g/mol. The molecule has 19 heavy (non-hydrogen) atoms. The highest BCUT2D eigenvalue weighted by Crippen LogP contribution is 2.28. The van der Waals surface area contributed by atoms with Gasteiger partial charge in [0.15, 0.2) is 5.82 Å². The Hall–Kier alpha value is -1.08.